The van der Waals surface area contributed by atoms with E-state index in [-0.39, 0.29) is 17.2 Å². The molecule has 0 aliphatic carbocycles. The Kier molecular flexibility index (Phi) is 8.88. The number of likely N-dealkylation sites (tertiary alicyclic amines) is 2. The topological polar surface area (TPSA) is 126 Å². The van der Waals surface area contributed by atoms with Crippen molar-refractivity contribution in [1.82, 2.24) is 35.5 Å². The summed E-state index contributed by atoms with van der Waals surface area (Å²) in [6, 6.07) is 21.8. The minimum atomic E-state index is -0.759. The second kappa shape index (κ2) is 13.0. The molecule has 4 aromatic rings. The maximum Gasteiger partial charge on any atom is 0.257 e. The molecule has 0 radical (unpaired) electrons. The Morgan fingerprint density at radius 3 is 2.39 bits per heavy atom. The fourth-order valence-electron chi connectivity index (χ4n) is 7.20. The Morgan fingerprint density at radius 1 is 0.935 bits per heavy atom. The molecule has 2 amide bonds. The second-order valence-electron chi connectivity index (χ2n) is 12.7. The highest BCUT2D eigenvalue weighted by atomic mass is 16.5. The SMILES string of the molecule is COc1ccc(-n2cnnn2)cc1C(=O)N1CCC(CCN2CCC(C(=O)NO)(c3ccccc3)CC2)(c2ccc(C)c(C)c2)C1. The number of methoxy groups -OCH3 is 1. The molecule has 2 aliphatic rings. The molecule has 2 aliphatic heterocycles. The first kappa shape index (κ1) is 31.4. The van der Waals surface area contributed by atoms with Crippen LogP contribution in [0.15, 0.2) is 73.1 Å². The summed E-state index contributed by atoms with van der Waals surface area (Å²) in [5.41, 5.74) is 6.75. The highest BCUT2D eigenvalue weighted by molar-refractivity contribution is 5.98. The smallest absolute Gasteiger partial charge is 0.257 e. The van der Waals surface area contributed by atoms with Crippen molar-refractivity contribution >= 4 is 11.8 Å². The van der Waals surface area contributed by atoms with Gasteiger partial charge < -0.3 is 14.5 Å². The van der Waals surface area contributed by atoms with Crippen LogP contribution in [0.1, 0.15) is 58.3 Å². The third-order valence-corrected chi connectivity index (χ3v) is 10.3. The van der Waals surface area contributed by atoms with E-state index < -0.39 is 5.41 Å². The molecule has 11 heteroatoms. The molecule has 0 bridgehead atoms. The predicted molar refractivity (Wildman–Crippen MR) is 172 cm³/mol. The maximum atomic E-state index is 14.1. The minimum absolute atomic E-state index is 0.0851. The highest BCUT2D eigenvalue weighted by Crippen LogP contribution is 2.41. The van der Waals surface area contributed by atoms with Gasteiger partial charge in [-0.1, -0.05) is 48.5 Å². The number of ether oxygens (including phenoxy) is 1. The lowest BCUT2D eigenvalue weighted by atomic mass is 9.71. The van der Waals surface area contributed by atoms with Crippen molar-refractivity contribution < 1.29 is 19.5 Å². The number of hydrogen-bond acceptors (Lipinski definition) is 8. The summed E-state index contributed by atoms with van der Waals surface area (Å²) in [6.07, 6.45) is 4.43. The molecule has 2 saturated heterocycles. The Hall–Kier alpha value is -4.61. The Labute approximate surface area is 269 Å². The highest BCUT2D eigenvalue weighted by Gasteiger charge is 2.45. The number of rotatable bonds is 9. The second-order valence-corrected chi connectivity index (χ2v) is 12.7. The first-order valence-electron chi connectivity index (χ1n) is 15.8. The lowest BCUT2D eigenvalue weighted by Gasteiger charge is -2.41. The lowest BCUT2D eigenvalue weighted by Crippen LogP contribution is -2.51. The van der Waals surface area contributed by atoms with E-state index in [2.05, 4.69) is 52.5 Å². The Bertz CT molecular complexity index is 1690. The summed E-state index contributed by atoms with van der Waals surface area (Å²) in [6.45, 7) is 7.76. The lowest BCUT2D eigenvalue weighted by molar-refractivity contribution is -0.137. The van der Waals surface area contributed by atoms with Gasteiger partial charge in [-0.05, 0) is 110 Å². The molecular weight excluding hydrogens is 582 g/mol. The van der Waals surface area contributed by atoms with Crippen LogP contribution in [0.2, 0.25) is 0 Å². The van der Waals surface area contributed by atoms with E-state index in [9.17, 15) is 14.8 Å². The third-order valence-electron chi connectivity index (χ3n) is 10.3. The number of hydroxylamine groups is 1. The molecule has 1 aromatic heterocycles. The van der Waals surface area contributed by atoms with Crippen LogP contribution in [0, 0.1) is 13.8 Å². The summed E-state index contributed by atoms with van der Waals surface area (Å²) < 4.78 is 7.13. The van der Waals surface area contributed by atoms with Crippen molar-refractivity contribution in [2.24, 2.45) is 0 Å². The van der Waals surface area contributed by atoms with Gasteiger partial charge in [0.05, 0.1) is 23.8 Å². The Morgan fingerprint density at radius 2 is 1.72 bits per heavy atom. The van der Waals surface area contributed by atoms with E-state index >= 15 is 0 Å². The molecule has 1 atom stereocenters. The molecule has 6 rings (SSSR count). The number of tetrazole rings is 1. The first-order chi connectivity index (χ1) is 22.3. The molecule has 240 valence electrons. The standard InChI is InChI=1S/C35H41N7O4/c1-25-9-10-28(21-26(25)2)34(13-17-40-18-15-35(16-19-40,33(44)37-45)27-7-5-4-6-8-27)14-20-41(23-34)32(43)30-22-29(11-12-31(30)46-3)42-24-36-38-39-42/h4-12,21-22,24,45H,13-20,23H2,1-3H3,(H,37,44). The maximum absolute atomic E-state index is 14.1. The van der Waals surface area contributed by atoms with Crippen LogP contribution in [0.3, 0.4) is 0 Å². The zero-order valence-electron chi connectivity index (χ0n) is 26.6. The summed E-state index contributed by atoms with van der Waals surface area (Å²) >= 11 is 0. The van der Waals surface area contributed by atoms with Gasteiger partial charge in [0, 0.05) is 18.5 Å². The fraction of sp³-hybridized carbons (Fsp3) is 0.400. The third kappa shape index (κ3) is 5.88. The van der Waals surface area contributed by atoms with Crippen LogP contribution in [-0.4, -0.2) is 86.9 Å². The summed E-state index contributed by atoms with van der Waals surface area (Å²) in [5, 5.41) is 21.0. The molecule has 1 unspecified atom stereocenters. The summed E-state index contributed by atoms with van der Waals surface area (Å²) in [5.74, 6) is 0.0697. The minimum Gasteiger partial charge on any atom is -0.496 e. The van der Waals surface area contributed by atoms with Gasteiger partial charge in [0.2, 0.25) is 0 Å². The normalized spacial score (nSPS) is 19.6. The number of nitrogens with zero attached hydrogens (tertiary/aromatic N) is 6. The number of benzene rings is 3. The van der Waals surface area contributed by atoms with Gasteiger partial charge in [-0.15, -0.1) is 5.10 Å². The van der Waals surface area contributed by atoms with Gasteiger partial charge in [0.25, 0.3) is 11.8 Å². The van der Waals surface area contributed by atoms with E-state index in [1.54, 1.807) is 19.2 Å². The van der Waals surface area contributed by atoms with Crippen LogP contribution in [-0.2, 0) is 15.6 Å². The number of carbonyl (C=O) groups excluding carboxylic acids is 2. The van der Waals surface area contributed by atoms with E-state index in [1.165, 1.54) is 27.7 Å². The molecule has 0 spiro atoms. The molecule has 3 aromatic carbocycles. The molecule has 2 fully saturated rings. The predicted octanol–water partition coefficient (Wildman–Crippen LogP) is 4.00. The van der Waals surface area contributed by atoms with Gasteiger partial charge in [-0.2, -0.15) is 0 Å². The van der Waals surface area contributed by atoms with Crippen molar-refractivity contribution in [2.45, 2.75) is 50.4 Å². The number of carbonyl (C=O) groups is 2. The quantitative estimate of drug-likeness (QED) is 0.212. The number of piperidine rings is 1. The van der Waals surface area contributed by atoms with Crippen LogP contribution < -0.4 is 10.2 Å². The van der Waals surface area contributed by atoms with Crippen LogP contribution >= 0.6 is 0 Å². The van der Waals surface area contributed by atoms with Crippen LogP contribution in [0.25, 0.3) is 5.69 Å². The van der Waals surface area contributed by atoms with E-state index in [4.69, 9.17) is 4.74 Å². The number of nitrogens with one attached hydrogen (secondary N) is 1. The number of hydrogen-bond donors (Lipinski definition) is 2. The fourth-order valence-corrected chi connectivity index (χ4v) is 7.20. The zero-order valence-corrected chi connectivity index (χ0v) is 26.6. The van der Waals surface area contributed by atoms with Crippen LogP contribution in [0.4, 0.5) is 0 Å². The molecule has 46 heavy (non-hydrogen) atoms. The van der Waals surface area contributed by atoms with Gasteiger partial charge >= 0.3 is 0 Å². The van der Waals surface area contributed by atoms with Crippen molar-refractivity contribution in [3.05, 3.63) is 101 Å². The van der Waals surface area contributed by atoms with Crippen molar-refractivity contribution in [2.75, 3.05) is 39.8 Å². The van der Waals surface area contributed by atoms with Gasteiger partial charge in [-0.25, -0.2) is 10.2 Å². The van der Waals surface area contributed by atoms with Crippen molar-refractivity contribution in [1.29, 1.82) is 0 Å². The monoisotopic (exact) mass is 623 g/mol. The van der Waals surface area contributed by atoms with Gasteiger partial charge in [-0.3, -0.25) is 14.8 Å². The number of amides is 2. The van der Waals surface area contributed by atoms with Gasteiger partial charge in [0.15, 0.2) is 0 Å². The van der Waals surface area contributed by atoms with Crippen molar-refractivity contribution in [3.63, 3.8) is 0 Å². The molecule has 3 heterocycles. The molecular formula is C35H41N7O4. The molecule has 0 saturated carbocycles. The Balaban J connectivity index is 1.23. The van der Waals surface area contributed by atoms with E-state index in [1.807, 2.05) is 46.8 Å². The first-order valence-corrected chi connectivity index (χ1v) is 15.8. The summed E-state index contributed by atoms with van der Waals surface area (Å²) in [7, 11) is 1.57. The molecule has 2 N–H and O–H groups in total. The number of aryl methyl sites for hydroxylation is 2. The summed E-state index contributed by atoms with van der Waals surface area (Å²) in [4.78, 5) is 31.4. The van der Waals surface area contributed by atoms with Crippen LogP contribution in [0.5, 0.6) is 5.75 Å². The van der Waals surface area contributed by atoms with E-state index in [0.717, 1.165) is 38.0 Å². The zero-order chi connectivity index (χ0) is 32.3. The largest absolute Gasteiger partial charge is 0.496 e. The molecule has 11 nitrogen and oxygen atoms in total. The van der Waals surface area contributed by atoms with E-state index in [0.29, 0.717) is 42.9 Å². The average molecular weight is 624 g/mol. The van der Waals surface area contributed by atoms with Gasteiger partial charge in [0.1, 0.15) is 12.1 Å². The average Bonchev–Trinajstić information content (AvgIpc) is 3.80. The number of aromatic nitrogens is 4. The van der Waals surface area contributed by atoms with Crippen molar-refractivity contribution in [3.8, 4) is 11.4 Å².